The number of benzene rings is 1. The van der Waals surface area contributed by atoms with E-state index in [4.69, 9.17) is 4.74 Å². The molecule has 0 saturated carbocycles. The molecule has 0 aliphatic heterocycles. The van der Waals surface area contributed by atoms with Crippen LogP contribution in [-0.4, -0.2) is 24.6 Å². The van der Waals surface area contributed by atoms with Crippen molar-refractivity contribution in [3.05, 3.63) is 34.9 Å². The molecule has 0 spiro atoms. The van der Waals surface area contributed by atoms with Crippen LogP contribution in [0.1, 0.15) is 19.3 Å². The quantitative estimate of drug-likeness (QED) is 0.645. The van der Waals surface area contributed by atoms with Crippen LogP contribution in [-0.2, 0) is 9.53 Å². The lowest BCUT2D eigenvalue weighted by molar-refractivity contribution is -0.116. The maximum atomic E-state index is 11.9. The highest BCUT2D eigenvalue weighted by molar-refractivity contribution is 9.10. The topological polar surface area (TPSA) is 51.2 Å². The van der Waals surface area contributed by atoms with Crippen molar-refractivity contribution in [3.8, 4) is 0 Å². The highest BCUT2D eigenvalue weighted by Gasteiger charge is 2.08. The molecule has 5 heteroatoms. The Morgan fingerprint density at radius 2 is 2.15 bits per heavy atom. The Bertz CT molecular complexity index is 601. The third-order valence-corrected chi connectivity index (χ3v) is 3.38. The van der Waals surface area contributed by atoms with E-state index in [1.165, 1.54) is 0 Å². The molecule has 106 valence electrons. The molecule has 2 aromatic rings. The van der Waals surface area contributed by atoms with Gasteiger partial charge in [0.15, 0.2) is 0 Å². The van der Waals surface area contributed by atoms with Gasteiger partial charge in [0.2, 0.25) is 5.91 Å². The molecule has 1 heterocycles. The molecule has 4 nitrogen and oxygen atoms in total. The number of unbranched alkanes of at least 4 members (excludes halogenated alkanes) is 1. The van der Waals surface area contributed by atoms with Crippen LogP contribution in [0, 0.1) is 0 Å². The summed E-state index contributed by atoms with van der Waals surface area (Å²) in [5.41, 5.74) is 0. The third kappa shape index (κ3) is 4.02. The van der Waals surface area contributed by atoms with Gasteiger partial charge in [-0.15, -0.1) is 0 Å². The number of anilines is 1. The van der Waals surface area contributed by atoms with Crippen molar-refractivity contribution in [1.29, 1.82) is 0 Å². The van der Waals surface area contributed by atoms with Crippen molar-refractivity contribution in [2.75, 3.05) is 19.0 Å². The summed E-state index contributed by atoms with van der Waals surface area (Å²) in [5.74, 6) is 0.587. The molecule has 0 fully saturated rings. The lowest BCUT2D eigenvalue weighted by Crippen LogP contribution is -2.13. The number of fused-ring (bicyclic) bond motifs is 1. The minimum atomic E-state index is -0.0168. The van der Waals surface area contributed by atoms with Crippen LogP contribution >= 0.6 is 15.9 Å². The Labute approximate surface area is 126 Å². The minimum Gasteiger partial charge on any atom is -0.385 e. The molecule has 0 unspecified atom stereocenters. The SMILES string of the molecule is COCCCCC(=O)Nc1nc(Br)cc2ccccc12. The van der Waals surface area contributed by atoms with Crippen LogP contribution < -0.4 is 5.32 Å². The number of halogens is 1. The number of hydrogen-bond acceptors (Lipinski definition) is 3. The number of pyridine rings is 1. The number of ether oxygens (including phenoxy) is 1. The van der Waals surface area contributed by atoms with Crippen molar-refractivity contribution >= 4 is 38.4 Å². The predicted octanol–water partition coefficient (Wildman–Crippen LogP) is 3.75. The first-order valence-electron chi connectivity index (χ1n) is 6.55. The zero-order valence-electron chi connectivity index (χ0n) is 11.4. The Hall–Kier alpha value is -1.46. The fourth-order valence-corrected chi connectivity index (χ4v) is 2.41. The fraction of sp³-hybridized carbons (Fsp3) is 0.333. The smallest absolute Gasteiger partial charge is 0.225 e. The van der Waals surface area contributed by atoms with Crippen LogP contribution in [0.2, 0.25) is 0 Å². The summed E-state index contributed by atoms with van der Waals surface area (Å²) in [4.78, 5) is 16.3. The number of nitrogens with one attached hydrogen (secondary N) is 1. The Kier molecular flexibility index (Phi) is 5.49. The Balaban J connectivity index is 2.07. The van der Waals surface area contributed by atoms with Crippen molar-refractivity contribution < 1.29 is 9.53 Å². The zero-order valence-corrected chi connectivity index (χ0v) is 12.9. The Morgan fingerprint density at radius 3 is 2.95 bits per heavy atom. The molecule has 0 radical (unpaired) electrons. The number of nitrogens with zero attached hydrogens (tertiary/aromatic N) is 1. The van der Waals surface area contributed by atoms with Gasteiger partial charge in [-0.1, -0.05) is 24.3 Å². The first-order valence-corrected chi connectivity index (χ1v) is 7.34. The van der Waals surface area contributed by atoms with Crippen LogP contribution in [0.15, 0.2) is 34.9 Å². The van der Waals surface area contributed by atoms with Crippen molar-refractivity contribution in [2.24, 2.45) is 0 Å². The van der Waals surface area contributed by atoms with Gasteiger partial charge in [-0.05, 0) is 40.2 Å². The van der Waals surface area contributed by atoms with E-state index >= 15 is 0 Å². The van der Waals surface area contributed by atoms with Gasteiger partial charge in [-0.25, -0.2) is 4.98 Å². The van der Waals surface area contributed by atoms with E-state index in [0.717, 1.165) is 23.6 Å². The molecular formula is C15H17BrN2O2. The molecule has 1 N–H and O–H groups in total. The van der Waals surface area contributed by atoms with Crippen molar-refractivity contribution in [2.45, 2.75) is 19.3 Å². The van der Waals surface area contributed by atoms with Gasteiger partial charge in [0.25, 0.3) is 0 Å². The number of carbonyl (C=O) groups excluding carboxylic acids is 1. The van der Waals surface area contributed by atoms with E-state index in [2.05, 4.69) is 26.2 Å². The first kappa shape index (κ1) is 14.9. The van der Waals surface area contributed by atoms with Crippen molar-refractivity contribution in [3.63, 3.8) is 0 Å². The molecule has 0 aliphatic rings. The number of aromatic nitrogens is 1. The van der Waals surface area contributed by atoms with Gasteiger partial charge in [-0.2, -0.15) is 0 Å². The van der Waals surface area contributed by atoms with Gasteiger partial charge in [-0.3, -0.25) is 4.79 Å². The molecule has 1 amide bonds. The molecule has 0 bridgehead atoms. The van der Waals surface area contributed by atoms with Gasteiger partial charge in [0, 0.05) is 25.5 Å². The summed E-state index contributed by atoms with van der Waals surface area (Å²) >= 11 is 3.37. The number of methoxy groups -OCH3 is 1. The van der Waals surface area contributed by atoms with Crippen molar-refractivity contribution in [1.82, 2.24) is 4.98 Å². The molecule has 1 aromatic heterocycles. The van der Waals surface area contributed by atoms with E-state index in [-0.39, 0.29) is 5.91 Å². The van der Waals surface area contributed by atoms with E-state index in [1.807, 2.05) is 30.3 Å². The minimum absolute atomic E-state index is 0.0168. The van der Waals surface area contributed by atoms with Crippen LogP contribution in [0.25, 0.3) is 10.8 Å². The molecule has 0 atom stereocenters. The summed E-state index contributed by atoms with van der Waals surface area (Å²) in [5, 5.41) is 4.87. The second-order valence-electron chi connectivity index (χ2n) is 4.51. The second kappa shape index (κ2) is 7.36. The number of amides is 1. The van der Waals surface area contributed by atoms with E-state index in [9.17, 15) is 4.79 Å². The highest BCUT2D eigenvalue weighted by Crippen LogP contribution is 2.24. The molecule has 1 aromatic carbocycles. The van der Waals surface area contributed by atoms with Gasteiger partial charge >= 0.3 is 0 Å². The number of carbonyl (C=O) groups is 1. The summed E-state index contributed by atoms with van der Waals surface area (Å²) in [6, 6.07) is 9.78. The second-order valence-corrected chi connectivity index (χ2v) is 5.33. The van der Waals surface area contributed by atoms with Gasteiger partial charge in [0.05, 0.1) is 0 Å². The highest BCUT2D eigenvalue weighted by atomic mass is 79.9. The zero-order chi connectivity index (χ0) is 14.4. The Morgan fingerprint density at radius 1 is 1.35 bits per heavy atom. The molecule has 20 heavy (non-hydrogen) atoms. The predicted molar refractivity (Wildman–Crippen MR) is 83.8 cm³/mol. The molecule has 2 rings (SSSR count). The summed E-state index contributed by atoms with van der Waals surface area (Å²) < 4.78 is 5.68. The molecule has 0 aliphatic carbocycles. The van der Waals surface area contributed by atoms with Gasteiger partial charge in [0.1, 0.15) is 10.4 Å². The number of hydrogen-bond donors (Lipinski definition) is 1. The standard InChI is InChI=1S/C15H17BrN2O2/c1-20-9-5-4-8-14(19)18-15-12-7-3-2-6-11(12)10-13(16)17-15/h2-3,6-7,10H,4-5,8-9H2,1H3,(H,17,18,19). The maximum Gasteiger partial charge on any atom is 0.225 e. The molecular weight excluding hydrogens is 320 g/mol. The van der Waals surface area contributed by atoms with E-state index in [1.54, 1.807) is 7.11 Å². The maximum absolute atomic E-state index is 11.9. The van der Waals surface area contributed by atoms with Gasteiger partial charge < -0.3 is 10.1 Å². The summed E-state index contributed by atoms with van der Waals surface area (Å²) in [6.07, 6.45) is 2.17. The summed E-state index contributed by atoms with van der Waals surface area (Å²) in [7, 11) is 1.66. The third-order valence-electron chi connectivity index (χ3n) is 2.97. The van der Waals surface area contributed by atoms with Crippen LogP contribution in [0.5, 0.6) is 0 Å². The number of rotatable bonds is 6. The largest absolute Gasteiger partial charge is 0.385 e. The first-order chi connectivity index (χ1) is 9.70. The summed E-state index contributed by atoms with van der Waals surface area (Å²) in [6.45, 7) is 0.686. The lowest BCUT2D eigenvalue weighted by atomic mass is 10.1. The van der Waals surface area contributed by atoms with Crippen LogP contribution in [0.3, 0.4) is 0 Å². The van der Waals surface area contributed by atoms with E-state index < -0.39 is 0 Å². The average Bonchev–Trinajstić information content (AvgIpc) is 2.43. The normalized spacial score (nSPS) is 10.7. The lowest BCUT2D eigenvalue weighted by Gasteiger charge is -2.08. The fourth-order valence-electron chi connectivity index (χ4n) is 1.99. The monoisotopic (exact) mass is 336 g/mol. The average molecular weight is 337 g/mol. The van der Waals surface area contributed by atoms with Crippen LogP contribution in [0.4, 0.5) is 5.82 Å². The molecule has 0 saturated heterocycles. The van der Waals surface area contributed by atoms with E-state index in [0.29, 0.717) is 23.4 Å².